The summed E-state index contributed by atoms with van der Waals surface area (Å²) in [5.74, 6) is 0.981. The van der Waals surface area contributed by atoms with Crippen molar-refractivity contribution in [3.8, 4) is 0 Å². The second-order valence-electron chi connectivity index (χ2n) is 5.90. The van der Waals surface area contributed by atoms with Crippen molar-refractivity contribution in [1.29, 1.82) is 0 Å². The van der Waals surface area contributed by atoms with Gasteiger partial charge in [0.25, 0.3) is 0 Å². The fraction of sp³-hybridized carbons (Fsp3) is 0.588. The Morgan fingerprint density at radius 3 is 2.75 bits per heavy atom. The maximum absolute atomic E-state index is 12.1. The Bertz CT molecular complexity index is 418. The van der Waals surface area contributed by atoms with Gasteiger partial charge < -0.3 is 10.1 Å². The van der Waals surface area contributed by atoms with Crippen LogP contribution in [0.25, 0.3) is 0 Å². The van der Waals surface area contributed by atoms with Crippen molar-refractivity contribution in [1.82, 2.24) is 5.32 Å². The molecule has 0 aromatic heterocycles. The van der Waals surface area contributed by atoms with Crippen molar-refractivity contribution >= 4 is 5.97 Å². The zero-order valence-electron chi connectivity index (χ0n) is 12.5. The van der Waals surface area contributed by atoms with Crippen LogP contribution in [0.5, 0.6) is 0 Å². The molecule has 0 spiro atoms. The number of benzene rings is 1. The van der Waals surface area contributed by atoms with E-state index in [-0.39, 0.29) is 12.0 Å². The minimum absolute atomic E-state index is 0.125. The van der Waals surface area contributed by atoms with Gasteiger partial charge in [-0.3, -0.25) is 4.79 Å². The summed E-state index contributed by atoms with van der Waals surface area (Å²) in [6, 6.07) is 10.0. The molecule has 110 valence electrons. The van der Waals surface area contributed by atoms with E-state index >= 15 is 0 Å². The number of carbonyl (C=O) groups is 1. The standard InChI is InChI=1S/C17H25NO2/c1-13-7-6-10-15(11-13)16(17(19)20-2)18-12-14-8-4-3-5-9-14/h3-5,8-9,13,15-16,18H,6-7,10-12H2,1-2H3. The van der Waals surface area contributed by atoms with Gasteiger partial charge in [-0.15, -0.1) is 0 Å². The van der Waals surface area contributed by atoms with Gasteiger partial charge in [0.2, 0.25) is 0 Å². The lowest BCUT2D eigenvalue weighted by molar-refractivity contribution is -0.145. The van der Waals surface area contributed by atoms with Crippen LogP contribution in [0.3, 0.4) is 0 Å². The quantitative estimate of drug-likeness (QED) is 0.839. The molecule has 1 N–H and O–H groups in total. The summed E-state index contributed by atoms with van der Waals surface area (Å²) in [5, 5.41) is 3.40. The first-order valence-electron chi connectivity index (χ1n) is 7.56. The van der Waals surface area contributed by atoms with Gasteiger partial charge in [0, 0.05) is 6.54 Å². The highest BCUT2D eigenvalue weighted by Crippen LogP contribution is 2.31. The lowest BCUT2D eigenvalue weighted by Crippen LogP contribution is -2.44. The summed E-state index contributed by atoms with van der Waals surface area (Å²) < 4.78 is 4.99. The molecule has 0 bridgehead atoms. The molecule has 1 saturated carbocycles. The molecule has 0 aliphatic heterocycles. The SMILES string of the molecule is COC(=O)C(NCc1ccccc1)C1CCCC(C)C1. The number of carbonyl (C=O) groups excluding carboxylic acids is 1. The monoisotopic (exact) mass is 275 g/mol. The average Bonchev–Trinajstić information content (AvgIpc) is 2.48. The number of nitrogens with one attached hydrogen (secondary N) is 1. The van der Waals surface area contributed by atoms with E-state index in [0.29, 0.717) is 18.4 Å². The predicted molar refractivity (Wildman–Crippen MR) is 80.2 cm³/mol. The van der Waals surface area contributed by atoms with Crippen LogP contribution in [0, 0.1) is 11.8 Å². The van der Waals surface area contributed by atoms with E-state index in [2.05, 4.69) is 24.4 Å². The van der Waals surface area contributed by atoms with Crippen LogP contribution in [0.2, 0.25) is 0 Å². The molecule has 3 heteroatoms. The minimum Gasteiger partial charge on any atom is -0.468 e. The highest BCUT2D eigenvalue weighted by Gasteiger charge is 2.31. The van der Waals surface area contributed by atoms with Crippen LogP contribution in [-0.2, 0) is 16.1 Å². The van der Waals surface area contributed by atoms with Gasteiger partial charge in [-0.2, -0.15) is 0 Å². The zero-order chi connectivity index (χ0) is 14.4. The molecule has 0 radical (unpaired) electrons. The van der Waals surface area contributed by atoms with Crippen molar-refractivity contribution in [2.75, 3.05) is 7.11 Å². The van der Waals surface area contributed by atoms with Crippen molar-refractivity contribution in [2.45, 2.75) is 45.2 Å². The van der Waals surface area contributed by atoms with E-state index in [1.807, 2.05) is 18.2 Å². The van der Waals surface area contributed by atoms with Crippen LogP contribution in [-0.4, -0.2) is 19.1 Å². The summed E-state index contributed by atoms with van der Waals surface area (Å²) in [6.45, 7) is 2.99. The summed E-state index contributed by atoms with van der Waals surface area (Å²) in [7, 11) is 1.48. The van der Waals surface area contributed by atoms with E-state index in [1.54, 1.807) is 0 Å². The molecule has 1 aromatic rings. The van der Waals surface area contributed by atoms with Gasteiger partial charge in [0.15, 0.2) is 0 Å². The summed E-state index contributed by atoms with van der Waals surface area (Å²) in [5.41, 5.74) is 1.20. The molecular weight excluding hydrogens is 250 g/mol. The van der Waals surface area contributed by atoms with E-state index in [9.17, 15) is 4.79 Å². The number of esters is 1. The zero-order valence-corrected chi connectivity index (χ0v) is 12.5. The van der Waals surface area contributed by atoms with Gasteiger partial charge in [-0.25, -0.2) is 0 Å². The van der Waals surface area contributed by atoms with Crippen LogP contribution >= 0.6 is 0 Å². The first-order chi connectivity index (χ1) is 9.70. The highest BCUT2D eigenvalue weighted by molar-refractivity contribution is 5.76. The lowest BCUT2D eigenvalue weighted by Gasteiger charge is -2.32. The van der Waals surface area contributed by atoms with Gasteiger partial charge in [0.05, 0.1) is 7.11 Å². The van der Waals surface area contributed by atoms with Gasteiger partial charge in [0.1, 0.15) is 6.04 Å². The second kappa shape index (κ2) is 7.44. The molecule has 1 aliphatic carbocycles. The summed E-state index contributed by atoms with van der Waals surface area (Å²) in [4.78, 5) is 12.1. The Morgan fingerprint density at radius 2 is 2.10 bits per heavy atom. The normalized spacial score (nSPS) is 24.1. The van der Waals surface area contributed by atoms with E-state index < -0.39 is 0 Å². The van der Waals surface area contributed by atoms with E-state index in [4.69, 9.17) is 4.74 Å². The molecule has 2 rings (SSSR count). The second-order valence-corrected chi connectivity index (χ2v) is 5.90. The molecule has 3 atom stereocenters. The molecule has 0 heterocycles. The van der Waals surface area contributed by atoms with Gasteiger partial charge in [-0.05, 0) is 30.2 Å². The molecule has 1 aromatic carbocycles. The Morgan fingerprint density at radius 1 is 1.35 bits per heavy atom. The maximum atomic E-state index is 12.1. The van der Waals surface area contributed by atoms with Crippen molar-refractivity contribution in [2.24, 2.45) is 11.8 Å². The number of ether oxygens (including phenoxy) is 1. The first-order valence-corrected chi connectivity index (χ1v) is 7.56. The lowest BCUT2D eigenvalue weighted by atomic mass is 9.78. The minimum atomic E-state index is -0.178. The highest BCUT2D eigenvalue weighted by atomic mass is 16.5. The fourth-order valence-electron chi connectivity index (χ4n) is 3.18. The van der Waals surface area contributed by atoms with Crippen LogP contribution in [0.1, 0.15) is 38.2 Å². The predicted octanol–water partition coefficient (Wildman–Crippen LogP) is 3.14. The fourth-order valence-corrected chi connectivity index (χ4v) is 3.18. The van der Waals surface area contributed by atoms with Gasteiger partial charge >= 0.3 is 5.97 Å². The number of hydrogen-bond donors (Lipinski definition) is 1. The van der Waals surface area contributed by atoms with E-state index in [0.717, 1.165) is 12.8 Å². The Kier molecular flexibility index (Phi) is 5.60. The van der Waals surface area contributed by atoms with Crippen LogP contribution in [0.4, 0.5) is 0 Å². The molecule has 3 nitrogen and oxygen atoms in total. The number of rotatable bonds is 5. The molecule has 0 amide bonds. The molecule has 0 saturated heterocycles. The topological polar surface area (TPSA) is 38.3 Å². The molecule has 1 fully saturated rings. The summed E-state index contributed by atoms with van der Waals surface area (Å²) >= 11 is 0. The van der Waals surface area contributed by atoms with Crippen molar-refractivity contribution < 1.29 is 9.53 Å². The van der Waals surface area contributed by atoms with Crippen LogP contribution < -0.4 is 5.32 Å². The van der Waals surface area contributed by atoms with E-state index in [1.165, 1.54) is 25.5 Å². The Labute approximate surface area is 121 Å². The third kappa shape index (κ3) is 4.07. The average molecular weight is 275 g/mol. The Balaban J connectivity index is 1.98. The molecule has 1 aliphatic rings. The molecular formula is C17H25NO2. The first kappa shape index (κ1) is 15.0. The molecule has 20 heavy (non-hydrogen) atoms. The van der Waals surface area contributed by atoms with Crippen LogP contribution in [0.15, 0.2) is 30.3 Å². The Hall–Kier alpha value is -1.35. The largest absolute Gasteiger partial charge is 0.468 e. The van der Waals surface area contributed by atoms with Crippen molar-refractivity contribution in [3.05, 3.63) is 35.9 Å². The number of hydrogen-bond acceptors (Lipinski definition) is 3. The molecule has 3 unspecified atom stereocenters. The smallest absolute Gasteiger partial charge is 0.323 e. The third-order valence-corrected chi connectivity index (χ3v) is 4.27. The maximum Gasteiger partial charge on any atom is 0.323 e. The van der Waals surface area contributed by atoms with Crippen molar-refractivity contribution in [3.63, 3.8) is 0 Å². The summed E-state index contributed by atoms with van der Waals surface area (Å²) in [6.07, 6.45) is 4.73. The van der Waals surface area contributed by atoms with Gasteiger partial charge in [-0.1, -0.05) is 50.1 Å². The third-order valence-electron chi connectivity index (χ3n) is 4.27. The number of methoxy groups -OCH3 is 1.